The third-order valence-electron chi connectivity index (χ3n) is 0.247. The lowest BCUT2D eigenvalue weighted by Crippen LogP contribution is -2.18. The molecule has 0 spiro atoms. The van der Waals surface area contributed by atoms with Crippen LogP contribution >= 0.6 is 0 Å². The molecular formula is C3H5F5. The Balaban J connectivity index is 0. The van der Waals surface area contributed by atoms with Gasteiger partial charge in [0.15, 0.2) is 0 Å². The fourth-order valence-electron chi connectivity index (χ4n) is 0. The number of alkyl halides is 5. The molecule has 0 aliphatic heterocycles. The van der Waals surface area contributed by atoms with Gasteiger partial charge in [-0.1, -0.05) is 7.43 Å². The van der Waals surface area contributed by atoms with Crippen molar-refractivity contribution in [2.75, 3.05) is 0 Å². The van der Waals surface area contributed by atoms with Crippen LogP contribution in [0.2, 0.25) is 0 Å². The van der Waals surface area contributed by atoms with Gasteiger partial charge in [-0.3, -0.25) is 0 Å². The van der Waals surface area contributed by atoms with Gasteiger partial charge in [-0.05, 0) is 0 Å². The summed E-state index contributed by atoms with van der Waals surface area (Å²) in [5.74, 6) is 0. The highest BCUT2D eigenvalue weighted by atomic mass is 19.4. The molecule has 0 aromatic heterocycles. The second-order valence-corrected chi connectivity index (χ2v) is 0.842. The molecule has 0 radical (unpaired) electrons. The molecule has 0 heterocycles. The van der Waals surface area contributed by atoms with Gasteiger partial charge >= 0.3 is 12.6 Å². The van der Waals surface area contributed by atoms with Crippen LogP contribution < -0.4 is 0 Å². The van der Waals surface area contributed by atoms with Crippen molar-refractivity contribution in [3.63, 3.8) is 0 Å². The van der Waals surface area contributed by atoms with Crippen molar-refractivity contribution in [3.8, 4) is 0 Å². The molecule has 8 heavy (non-hydrogen) atoms. The zero-order valence-corrected chi connectivity index (χ0v) is 2.97. The quantitative estimate of drug-likeness (QED) is 0.448. The topological polar surface area (TPSA) is 0 Å². The van der Waals surface area contributed by atoms with Gasteiger partial charge in [0.1, 0.15) is 0 Å². The Morgan fingerprint density at radius 2 is 1.12 bits per heavy atom. The summed E-state index contributed by atoms with van der Waals surface area (Å²) in [7, 11) is 0. The zero-order chi connectivity index (χ0) is 6.08. The summed E-state index contributed by atoms with van der Waals surface area (Å²) in [4.78, 5) is 0. The minimum Gasteiger partial charge on any atom is -0.200 e. The Morgan fingerprint density at radius 1 is 1.00 bits per heavy atom. The number of halogens is 5. The van der Waals surface area contributed by atoms with Crippen molar-refractivity contribution in [1.29, 1.82) is 0 Å². The van der Waals surface area contributed by atoms with E-state index in [0.29, 0.717) is 0 Å². The van der Waals surface area contributed by atoms with Crippen LogP contribution in [-0.4, -0.2) is 12.6 Å². The lowest BCUT2D eigenvalue weighted by atomic mass is 10.7. The molecule has 0 rings (SSSR count). The van der Waals surface area contributed by atoms with E-state index in [4.69, 9.17) is 0 Å². The van der Waals surface area contributed by atoms with Crippen LogP contribution in [0.5, 0.6) is 0 Å². The third-order valence-corrected chi connectivity index (χ3v) is 0.247. The van der Waals surface area contributed by atoms with Gasteiger partial charge in [-0.15, -0.1) is 0 Å². The molecule has 0 aromatic carbocycles. The van der Waals surface area contributed by atoms with E-state index in [1.54, 1.807) is 0 Å². The highest BCUT2D eigenvalue weighted by molar-refractivity contribution is 4.48. The Hall–Kier alpha value is -0.350. The number of hydrogen-bond acceptors (Lipinski definition) is 0. The molecule has 0 aromatic rings. The van der Waals surface area contributed by atoms with Crippen LogP contribution in [0, 0.1) is 0 Å². The van der Waals surface area contributed by atoms with E-state index < -0.39 is 12.6 Å². The van der Waals surface area contributed by atoms with E-state index >= 15 is 0 Å². The average Bonchev–Trinajstić information content (AvgIpc) is 1.31. The van der Waals surface area contributed by atoms with Gasteiger partial charge in [-0.25, -0.2) is 8.78 Å². The second kappa shape index (κ2) is 2.84. The van der Waals surface area contributed by atoms with Crippen molar-refractivity contribution in [3.05, 3.63) is 0 Å². The minimum atomic E-state index is -5.33. The van der Waals surface area contributed by atoms with Gasteiger partial charge in [0, 0.05) is 0 Å². The van der Waals surface area contributed by atoms with Gasteiger partial charge in [-0.2, -0.15) is 13.2 Å². The first kappa shape index (κ1) is 10.6. The Kier molecular flexibility index (Phi) is 3.76. The van der Waals surface area contributed by atoms with E-state index in [0.717, 1.165) is 0 Å². The van der Waals surface area contributed by atoms with E-state index in [1.807, 2.05) is 0 Å². The predicted molar refractivity (Wildman–Crippen MR) is 18.8 cm³/mol. The molecule has 0 bridgehead atoms. The molecule has 5 heteroatoms. The number of hydrogen-bond donors (Lipinski definition) is 0. The van der Waals surface area contributed by atoms with Crippen molar-refractivity contribution < 1.29 is 22.0 Å². The predicted octanol–water partition coefficient (Wildman–Crippen LogP) is 2.45. The molecule has 0 aliphatic rings. The summed E-state index contributed by atoms with van der Waals surface area (Å²) < 4.78 is 52.1. The Bertz CT molecular complexity index is 53.2. The molecular weight excluding hydrogens is 131 g/mol. The first-order valence-electron chi connectivity index (χ1n) is 1.29. The van der Waals surface area contributed by atoms with Crippen LogP contribution in [0.1, 0.15) is 7.43 Å². The van der Waals surface area contributed by atoms with Crippen LogP contribution in [-0.2, 0) is 0 Å². The standard InChI is InChI=1S/C2HF5.CH4/c3-1(4)2(5,6)7;/h1H;1H4. The first-order chi connectivity index (χ1) is 2.94. The molecule has 0 unspecified atom stereocenters. The summed E-state index contributed by atoms with van der Waals surface area (Å²) in [6.07, 6.45) is -9.53. The fraction of sp³-hybridized carbons (Fsp3) is 1.00. The maximum absolute atomic E-state index is 10.4. The van der Waals surface area contributed by atoms with Crippen molar-refractivity contribution in [2.24, 2.45) is 0 Å². The molecule has 0 fully saturated rings. The van der Waals surface area contributed by atoms with Crippen molar-refractivity contribution in [1.82, 2.24) is 0 Å². The van der Waals surface area contributed by atoms with E-state index in [2.05, 4.69) is 0 Å². The maximum Gasteiger partial charge on any atom is 0.450 e. The molecule has 0 saturated carbocycles. The fourth-order valence-corrected chi connectivity index (χ4v) is 0. The highest BCUT2D eigenvalue weighted by Gasteiger charge is 2.40. The summed E-state index contributed by atoms with van der Waals surface area (Å²) in [6, 6.07) is 0. The number of rotatable bonds is 0. The second-order valence-electron chi connectivity index (χ2n) is 0.842. The summed E-state index contributed by atoms with van der Waals surface area (Å²) in [6.45, 7) is 0. The van der Waals surface area contributed by atoms with Crippen LogP contribution in [0.15, 0.2) is 0 Å². The van der Waals surface area contributed by atoms with Gasteiger partial charge in [0.2, 0.25) is 0 Å². The smallest absolute Gasteiger partial charge is 0.200 e. The van der Waals surface area contributed by atoms with Crippen molar-refractivity contribution in [2.45, 2.75) is 20.0 Å². The lowest BCUT2D eigenvalue weighted by molar-refractivity contribution is -0.219. The first-order valence-corrected chi connectivity index (χ1v) is 1.29. The SMILES string of the molecule is C.FC(F)C(F)(F)F. The minimum absolute atomic E-state index is 0. The molecule has 0 aliphatic carbocycles. The zero-order valence-electron chi connectivity index (χ0n) is 2.97. The van der Waals surface area contributed by atoms with Crippen molar-refractivity contribution >= 4 is 0 Å². The summed E-state index contributed by atoms with van der Waals surface area (Å²) in [5.41, 5.74) is 0. The van der Waals surface area contributed by atoms with Crippen LogP contribution in [0.25, 0.3) is 0 Å². The molecule has 0 N–H and O–H groups in total. The van der Waals surface area contributed by atoms with Gasteiger partial charge < -0.3 is 0 Å². The summed E-state index contributed by atoms with van der Waals surface area (Å²) >= 11 is 0. The largest absolute Gasteiger partial charge is 0.450 e. The third kappa shape index (κ3) is 3.83. The van der Waals surface area contributed by atoms with Crippen LogP contribution in [0.3, 0.4) is 0 Å². The highest BCUT2D eigenvalue weighted by Crippen LogP contribution is 2.22. The molecule has 0 amide bonds. The Morgan fingerprint density at radius 3 is 1.12 bits per heavy atom. The monoisotopic (exact) mass is 136 g/mol. The Labute approximate surface area is 43.3 Å². The molecule has 0 atom stereocenters. The van der Waals surface area contributed by atoms with Gasteiger partial charge in [0.05, 0.1) is 0 Å². The normalized spacial score (nSPS) is 11.2. The summed E-state index contributed by atoms with van der Waals surface area (Å²) in [5, 5.41) is 0. The van der Waals surface area contributed by atoms with E-state index in [9.17, 15) is 22.0 Å². The molecule has 0 nitrogen and oxygen atoms in total. The maximum atomic E-state index is 10.4. The van der Waals surface area contributed by atoms with Gasteiger partial charge in [0.25, 0.3) is 0 Å². The van der Waals surface area contributed by atoms with E-state index in [1.165, 1.54) is 0 Å². The van der Waals surface area contributed by atoms with E-state index in [-0.39, 0.29) is 7.43 Å². The average molecular weight is 136 g/mol. The molecule has 0 saturated heterocycles. The van der Waals surface area contributed by atoms with Crippen LogP contribution in [0.4, 0.5) is 22.0 Å². The lowest BCUT2D eigenvalue weighted by Gasteiger charge is -2.00. The molecule has 52 valence electrons.